The second-order valence-electron chi connectivity index (χ2n) is 12.7. The van der Waals surface area contributed by atoms with Crippen molar-refractivity contribution >= 4 is 11.6 Å². The zero-order valence-electron chi connectivity index (χ0n) is 22.0. The van der Waals surface area contributed by atoms with Crippen LogP contribution >= 0.6 is 0 Å². The van der Waals surface area contributed by atoms with E-state index >= 15 is 0 Å². The van der Waals surface area contributed by atoms with Crippen LogP contribution in [0.25, 0.3) is 11.6 Å². The van der Waals surface area contributed by atoms with E-state index in [4.69, 9.17) is 0 Å². The molecule has 0 aliphatic heterocycles. The highest BCUT2D eigenvalue weighted by atomic mass is 14.5. The van der Waals surface area contributed by atoms with Crippen LogP contribution in [-0.2, 0) is 5.41 Å². The molecule has 1 aromatic carbocycles. The van der Waals surface area contributed by atoms with Crippen LogP contribution in [0.3, 0.4) is 0 Å². The molecule has 0 saturated heterocycles. The number of allylic oxidation sites excluding steroid dienone is 8. The van der Waals surface area contributed by atoms with Crippen LogP contribution in [0.5, 0.6) is 0 Å². The van der Waals surface area contributed by atoms with Crippen LogP contribution in [0, 0.1) is 22.7 Å². The van der Waals surface area contributed by atoms with E-state index in [1.165, 1.54) is 38.3 Å². The highest BCUT2D eigenvalue weighted by Gasteiger charge is 2.50. The van der Waals surface area contributed by atoms with E-state index in [0.29, 0.717) is 11.8 Å². The summed E-state index contributed by atoms with van der Waals surface area (Å²) in [6.45, 7) is 23.8. The van der Waals surface area contributed by atoms with Crippen LogP contribution < -0.4 is 10.4 Å². The summed E-state index contributed by atoms with van der Waals surface area (Å²) in [6.07, 6.45) is 13.2. The first-order chi connectivity index (χ1) is 14.8. The second-order valence-corrected chi connectivity index (χ2v) is 12.7. The summed E-state index contributed by atoms with van der Waals surface area (Å²) in [5.74, 6) is 0.989. The van der Waals surface area contributed by atoms with Crippen LogP contribution in [0.2, 0.25) is 0 Å². The molecule has 0 heteroatoms. The van der Waals surface area contributed by atoms with Gasteiger partial charge in [0.05, 0.1) is 0 Å². The van der Waals surface area contributed by atoms with Crippen molar-refractivity contribution in [2.75, 3.05) is 0 Å². The molecule has 0 amide bonds. The number of hydrogen-bond donors (Lipinski definition) is 0. The van der Waals surface area contributed by atoms with Gasteiger partial charge in [0.15, 0.2) is 0 Å². The number of fused-ring (bicyclic) bond motifs is 2. The van der Waals surface area contributed by atoms with Gasteiger partial charge < -0.3 is 0 Å². The third-order valence-corrected chi connectivity index (χ3v) is 7.98. The Bertz CT molecular complexity index is 1190. The average molecular weight is 427 g/mol. The largest absolute Gasteiger partial charge is 0.0801 e. The summed E-state index contributed by atoms with van der Waals surface area (Å²) in [5.41, 5.74) is 9.23. The fourth-order valence-electron chi connectivity index (χ4n) is 6.31. The van der Waals surface area contributed by atoms with Crippen molar-refractivity contribution in [3.05, 3.63) is 80.8 Å². The Kier molecular flexibility index (Phi) is 5.39. The fraction of sp³-hybridized carbons (Fsp3) is 0.500. The molecule has 4 rings (SSSR count). The maximum absolute atomic E-state index is 2.69. The Labute approximate surface area is 196 Å². The first-order valence-electron chi connectivity index (χ1n) is 12.5. The molecule has 1 atom stereocenters. The van der Waals surface area contributed by atoms with Crippen LogP contribution in [0.1, 0.15) is 81.2 Å². The van der Waals surface area contributed by atoms with Gasteiger partial charge in [0.1, 0.15) is 0 Å². The zero-order valence-corrected chi connectivity index (χ0v) is 22.0. The van der Waals surface area contributed by atoms with Crippen molar-refractivity contribution in [3.8, 4) is 0 Å². The summed E-state index contributed by atoms with van der Waals surface area (Å²) in [4.78, 5) is 0. The molecule has 0 saturated carbocycles. The van der Waals surface area contributed by atoms with E-state index in [0.717, 1.165) is 6.42 Å². The van der Waals surface area contributed by atoms with E-state index in [1.807, 2.05) is 0 Å². The smallest absolute Gasteiger partial charge is 0.0218 e. The first kappa shape index (κ1) is 23.1. The van der Waals surface area contributed by atoms with E-state index in [-0.39, 0.29) is 16.2 Å². The number of hydrogen-bond acceptors (Lipinski definition) is 0. The monoisotopic (exact) mass is 426 g/mol. The summed E-state index contributed by atoms with van der Waals surface area (Å²) in [5, 5.41) is 2.81. The Hall–Kier alpha value is -2.08. The van der Waals surface area contributed by atoms with E-state index < -0.39 is 0 Å². The van der Waals surface area contributed by atoms with Gasteiger partial charge in [0, 0.05) is 5.41 Å². The molecular weight excluding hydrogens is 384 g/mol. The molecule has 0 nitrogen and oxygen atoms in total. The Morgan fingerprint density at radius 1 is 0.938 bits per heavy atom. The molecule has 0 radical (unpaired) electrons. The molecule has 0 N–H and O–H groups in total. The standard InChI is InChI=1S/C32H42/c1-20(2)27-19-32(21(3)4,31(8,9)10)29(22-13-11-12-14-22)26-18-23-17-24(30(5,6)7)15-16-25(23)28(26)27/h11-13,15-21H,14H2,1-10H3. The SMILES string of the molecule is CC(C)C1=CC(C(C)C)(C(C)(C)C)C(C2=CC=CC2)=C2C=c3cc(C(C)(C)C)ccc3=C12. The lowest BCUT2D eigenvalue weighted by atomic mass is 9.51. The Morgan fingerprint density at radius 2 is 1.62 bits per heavy atom. The molecule has 3 aliphatic rings. The molecule has 1 aromatic rings. The maximum Gasteiger partial charge on any atom is 0.0218 e. The van der Waals surface area contributed by atoms with Crippen molar-refractivity contribution < 1.29 is 0 Å². The summed E-state index contributed by atoms with van der Waals surface area (Å²) >= 11 is 0. The first-order valence-corrected chi connectivity index (χ1v) is 12.5. The van der Waals surface area contributed by atoms with Crippen molar-refractivity contribution in [2.45, 2.75) is 81.1 Å². The lowest BCUT2D eigenvalue weighted by Gasteiger charge is -2.52. The van der Waals surface area contributed by atoms with Gasteiger partial charge in [-0.05, 0) is 79.0 Å². The minimum absolute atomic E-state index is 0.00527. The van der Waals surface area contributed by atoms with Gasteiger partial charge in [0.25, 0.3) is 0 Å². The topological polar surface area (TPSA) is 0 Å². The van der Waals surface area contributed by atoms with E-state index in [2.05, 4.69) is 118 Å². The lowest BCUT2D eigenvalue weighted by molar-refractivity contribution is 0.127. The molecule has 0 fully saturated rings. The molecule has 0 heterocycles. The third-order valence-electron chi connectivity index (χ3n) is 7.98. The van der Waals surface area contributed by atoms with Gasteiger partial charge in [-0.15, -0.1) is 0 Å². The van der Waals surface area contributed by atoms with E-state index in [9.17, 15) is 0 Å². The Morgan fingerprint density at radius 3 is 2.12 bits per heavy atom. The molecule has 170 valence electrons. The van der Waals surface area contributed by atoms with Gasteiger partial charge in [-0.2, -0.15) is 0 Å². The molecule has 32 heavy (non-hydrogen) atoms. The summed E-state index contributed by atoms with van der Waals surface area (Å²) < 4.78 is 0. The molecular formula is C32H42. The van der Waals surface area contributed by atoms with Gasteiger partial charge in [-0.25, -0.2) is 0 Å². The average Bonchev–Trinajstić information content (AvgIpc) is 3.31. The third kappa shape index (κ3) is 3.33. The second kappa shape index (κ2) is 7.47. The van der Waals surface area contributed by atoms with Gasteiger partial charge >= 0.3 is 0 Å². The number of rotatable bonds is 3. The van der Waals surface area contributed by atoms with Crippen molar-refractivity contribution in [3.63, 3.8) is 0 Å². The van der Waals surface area contributed by atoms with Crippen molar-refractivity contribution in [1.82, 2.24) is 0 Å². The van der Waals surface area contributed by atoms with Crippen LogP contribution in [0.15, 0.2) is 64.8 Å². The van der Waals surface area contributed by atoms with Crippen LogP contribution in [-0.4, -0.2) is 0 Å². The minimum Gasteiger partial charge on any atom is -0.0801 e. The lowest BCUT2D eigenvalue weighted by Crippen LogP contribution is -2.44. The van der Waals surface area contributed by atoms with Gasteiger partial charge in [-0.1, -0.05) is 112 Å². The molecule has 1 unspecified atom stereocenters. The highest BCUT2D eigenvalue weighted by Crippen LogP contribution is 2.60. The maximum atomic E-state index is 2.69. The summed E-state index contributed by atoms with van der Waals surface area (Å²) in [6, 6.07) is 7.19. The van der Waals surface area contributed by atoms with E-state index in [1.54, 1.807) is 5.57 Å². The minimum atomic E-state index is -0.00527. The highest BCUT2D eigenvalue weighted by molar-refractivity contribution is 5.95. The molecule has 3 aliphatic carbocycles. The summed E-state index contributed by atoms with van der Waals surface area (Å²) in [7, 11) is 0. The molecule has 0 bridgehead atoms. The predicted octanol–water partition coefficient (Wildman–Crippen LogP) is 7.40. The van der Waals surface area contributed by atoms with Crippen molar-refractivity contribution in [1.29, 1.82) is 0 Å². The normalized spacial score (nSPS) is 22.9. The predicted molar refractivity (Wildman–Crippen MR) is 141 cm³/mol. The van der Waals surface area contributed by atoms with Gasteiger partial charge in [0.2, 0.25) is 0 Å². The zero-order chi connectivity index (χ0) is 23.6. The van der Waals surface area contributed by atoms with Gasteiger partial charge in [-0.3, -0.25) is 0 Å². The quantitative estimate of drug-likeness (QED) is 0.472. The van der Waals surface area contributed by atoms with Crippen LogP contribution in [0.4, 0.5) is 0 Å². The Balaban J connectivity index is 2.17. The molecule has 0 aromatic heterocycles. The number of benzene rings is 1. The fourth-order valence-corrected chi connectivity index (χ4v) is 6.31. The van der Waals surface area contributed by atoms with Crippen molar-refractivity contribution in [2.24, 2.45) is 22.7 Å². The molecule has 0 spiro atoms.